The molecule has 0 radical (unpaired) electrons. The van der Waals surface area contributed by atoms with E-state index in [2.05, 4.69) is 59.9 Å². The van der Waals surface area contributed by atoms with E-state index in [0.717, 1.165) is 17.8 Å². The van der Waals surface area contributed by atoms with E-state index in [4.69, 9.17) is 0 Å². The topological polar surface area (TPSA) is 0 Å². The van der Waals surface area contributed by atoms with Crippen molar-refractivity contribution in [3.05, 3.63) is 48.1 Å². The molecule has 0 saturated heterocycles. The van der Waals surface area contributed by atoms with Crippen LogP contribution in [0.2, 0.25) is 0 Å². The fraction of sp³-hybridized carbons (Fsp3) is 0.771. The fourth-order valence-electron chi connectivity index (χ4n) is 6.60. The molecule has 3 atom stereocenters. The highest BCUT2D eigenvalue weighted by atomic mass is 14.5. The Bertz CT molecular complexity index is 656. The summed E-state index contributed by atoms with van der Waals surface area (Å²) in [5.74, 6) is 2.68. The van der Waals surface area contributed by atoms with Gasteiger partial charge in [-0.3, -0.25) is 0 Å². The lowest BCUT2D eigenvalue weighted by Crippen LogP contribution is -2.33. The van der Waals surface area contributed by atoms with Crippen molar-refractivity contribution >= 4 is 0 Å². The molecule has 0 nitrogen and oxygen atoms in total. The smallest absolute Gasteiger partial charge is 0.0143 e. The average Bonchev–Trinajstić information content (AvgIpc) is 3.15. The van der Waals surface area contributed by atoms with Crippen LogP contribution in [0.25, 0.3) is 0 Å². The van der Waals surface area contributed by atoms with Gasteiger partial charge >= 0.3 is 0 Å². The van der Waals surface area contributed by atoms with E-state index in [1.165, 1.54) is 88.2 Å². The summed E-state index contributed by atoms with van der Waals surface area (Å²) < 4.78 is 0. The molecule has 0 aromatic carbocycles. The molecule has 3 unspecified atom stereocenters. The third kappa shape index (κ3) is 10.9. The summed E-state index contributed by atoms with van der Waals surface area (Å²) >= 11 is 0. The average molecular weight is 485 g/mol. The van der Waals surface area contributed by atoms with Gasteiger partial charge in [-0.05, 0) is 98.9 Å². The molecule has 0 bridgehead atoms. The van der Waals surface area contributed by atoms with Crippen LogP contribution in [0.4, 0.5) is 0 Å². The standard InChI is InChI=1S/C28H46.C3H6.2C2H6/c1-21(2)10-7-8-12-25-15-16-26-24(11-9-18-28(25,26)6)14-13-23-17-19-27(4,5)20-22(23)3;1-3-2;2*1-2/h13-14,21,25-26H,3,7-12,15-20H2,1-2,4-6H3;3H,1H2,2H3;2*1-2H3/b23-13+,24-14+;;;. The molecule has 0 N–H and O–H groups in total. The Kier molecular flexibility index (Phi) is 16.9. The Morgan fingerprint density at radius 3 is 2.14 bits per heavy atom. The first-order chi connectivity index (χ1) is 16.6. The van der Waals surface area contributed by atoms with E-state index in [1.807, 2.05) is 34.6 Å². The zero-order valence-corrected chi connectivity index (χ0v) is 25.9. The molecule has 204 valence electrons. The molecule has 0 heteroatoms. The van der Waals surface area contributed by atoms with E-state index in [-0.39, 0.29) is 0 Å². The van der Waals surface area contributed by atoms with Crippen molar-refractivity contribution in [1.29, 1.82) is 0 Å². The van der Waals surface area contributed by atoms with Crippen molar-refractivity contribution < 1.29 is 0 Å². The third-order valence-electron chi connectivity index (χ3n) is 8.46. The van der Waals surface area contributed by atoms with Crippen LogP contribution in [0.1, 0.15) is 146 Å². The number of rotatable bonds is 6. The number of fused-ring (bicyclic) bond motifs is 1. The van der Waals surface area contributed by atoms with Gasteiger partial charge in [-0.1, -0.05) is 118 Å². The fourth-order valence-corrected chi connectivity index (χ4v) is 6.60. The van der Waals surface area contributed by atoms with E-state index < -0.39 is 0 Å². The normalized spacial score (nSPS) is 29.3. The van der Waals surface area contributed by atoms with Gasteiger partial charge in [-0.25, -0.2) is 0 Å². The minimum absolute atomic E-state index is 0.444. The van der Waals surface area contributed by atoms with E-state index in [1.54, 1.807) is 11.6 Å². The number of hydrogen-bond acceptors (Lipinski definition) is 0. The van der Waals surface area contributed by atoms with Crippen LogP contribution in [0.3, 0.4) is 0 Å². The van der Waals surface area contributed by atoms with Crippen molar-refractivity contribution in [2.24, 2.45) is 28.6 Å². The first kappa shape index (κ1) is 34.0. The Hall–Kier alpha value is -1.04. The quantitative estimate of drug-likeness (QED) is 0.260. The van der Waals surface area contributed by atoms with Gasteiger partial charge in [0.25, 0.3) is 0 Å². The second-order valence-corrected chi connectivity index (χ2v) is 12.2. The molecule has 0 heterocycles. The lowest BCUT2D eigenvalue weighted by molar-refractivity contribution is 0.127. The third-order valence-corrected chi connectivity index (χ3v) is 8.46. The Labute approximate surface area is 222 Å². The SMILES string of the molecule is C=C1CC(C)(C)CC/C1=C\C=C1/CCCC2(C)C(CCCCC(C)C)CCC12.C=CC.CC.CC. The maximum Gasteiger partial charge on any atom is -0.0143 e. The minimum Gasteiger partial charge on any atom is -0.103 e. The Balaban J connectivity index is 0.00000150. The molecule has 0 amide bonds. The molecule has 3 aliphatic carbocycles. The molecule has 3 aliphatic rings. The summed E-state index contributed by atoms with van der Waals surface area (Å²) in [5, 5.41) is 0. The molecule has 35 heavy (non-hydrogen) atoms. The molecular formula is C35H64. The van der Waals surface area contributed by atoms with Crippen LogP contribution in [-0.2, 0) is 0 Å². The second kappa shape index (κ2) is 17.4. The molecule has 0 spiro atoms. The highest BCUT2D eigenvalue weighted by molar-refractivity contribution is 5.36. The van der Waals surface area contributed by atoms with Gasteiger partial charge in [0.2, 0.25) is 0 Å². The van der Waals surface area contributed by atoms with Crippen molar-refractivity contribution in [2.75, 3.05) is 0 Å². The first-order valence-corrected chi connectivity index (χ1v) is 15.3. The van der Waals surface area contributed by atoms with Crippen molar-refractivity contribution in [1.82, 2.24) is 0 Å². The molecule has 0 aromatic rings. The Morgan fingerprint density at radius 1 is 0.943 bits per heavy atom. The van der Waals surface area contributed by atoms with Crippen LogP contribution >= 0.6 is 0 Å². The monoisotopic (exact) mass is 485 g/mol. The summed E-state index contributed by atoms with van der Waals surface area (Å²) in [4.78, 5) is 0. The maximum absolute atomic E-state index is 4.40. The van der Waals surface area contributed by atoms with Gasteiger partial charge in [0.05, 0.1) is 0 Å². The predicted molar refractivity (Wildman–Crippen MR) is 163 cm³/mol. The molecule has 0 aliphatic heterocycles. The molecule has 0 aromatic heterocycles. The van der Waals surface area contributed by atoms with Crippen molar-refractivity contribution in [3.63, 3.8) is 0 Å². The molecule has 3 saturated carbocycles. The highest BCUT2D eigenvalue weighted by Crippen LogP contribution is 2.58. The summed E-state index contributed by atoms with van der Waals surface area (Å²) in [6.07, 6.45) is 23.3. The molecular weight excluding hydrogens is 420 g/mol. The zero-order valence-electron chi connectivity index (χ0n) is 25.9. The van der Waals surface area contributed by atoms with Gasteiger partial charge < -0.3 is 0 Å². The number of hydrogen-bond donors (Lipinski definition) is 0. The van der Waals surface area contributed by atoms with Crippen LogP contribution in [-0.4, -0.2) is 0 Å². The van der Waals surface area contributed by atoms with E-state index in [9.17, 15) is 0 Å². The van der Waals surface area contributed by atoms with Crippen LogP contribution in [0, 0.1) is 28.6 Å². The highest BCUT2D eigenvalue weighted by Gasteiger charge is 2.48. The second-order valence-electron chi connectivity index (χ2n) is 12.2. The predicted octanol–water partition coefficient (Wildman–Crippen LogP) is 12.3. The van der Waals surface area contributed by atoms with Gasteiger partial charge in [-0.2, -0.15) is 0 Å². The van der Waals surface area contributed by atoms with E-state index in [0.29, 0.717) is 10.8 Å². The summed E-state index contributed by atoms with van der Waals surface area (Å²) in [7, 11) is 0. The minimum atomic E-state index is 0.444. The lowest BCUT2D eigenvalue weighted by Gasteiger charge is -2.42. The summed E-state index contributed by atoms with van der Waals surface area (Å²) in [5.41, 5.74) is 5.71. The van der Waals surface area contributed by atoms with E-state index >= 15 is 0 Å². The molecule has 3 rings (SSSR count). The van der Waals surface area contributed by atoms with Crippen LogP contribution in [0.15, 0.2) is 48.1 Å². The van der Waals surface area contributed by atoms with Gasteiger partial charge in [0.15, 0.2) is 0 Å². The van der Waals surface area contributed by atoms with Gasteiger partial charge in [-0.15, -0.1) is 6.58 Å². The summed E-state index contributed by atoms with van der Waals surface area (Å²) in [6.45, 7) is 29.8. The summed E-state index contributed by atoms with van der Waals surface area (Å²) in [6, 6.07) is 0. The maximum atomic E-state index is 4.40. The zero-order chi connectivity index (χ0) is 27.1. The molecule has 3 fully saturated rings. The van der Waals surface area contributed by atoms with Crippen molar-refractivity contribution in [2.45, 2.75) is 146 Å². The Morgan fingerprint density at radius 2 is 1.57 bits per heavy atom. The lowest BCUT2D eigenvalue weighted by atomic mass is 9.62. The van der Waals surface area contributed by atoms with Crippen LogP contribution < -0.4 is 0 Å². The van der Waals surface area contributed by atoms with Crippen LogP contribution in [0.5, 0.6) is 0 Å². The number of unbranched alkanes of at least 4 members (excludes halogenated alkanes) is 1. The largest absolute Gasteiger partial charge is 0.103 e. The van der Waals surface area contributed by atoms with Gasteiger partial charge in [0.1, 0.15) is 0 Å². The first-order valence-electron chi connectivity index (χ1n) is 15.3. The van der Waals surface area contributed by atoms with Gasteiger partial charge in [0, 0.05) is 0 Å². The number of allylic oxidation sites excluding steroid dienone is 6. The van der Waals surface area contributed by atoms with Crippen molar-refractivity contribution in [3.8, 4) is 0 Å².